The Morgan fingerprint density at radius 1 is 1.56 bits per heavy atom. The molecule has 0 unspecified atom stereocenters. The summed E-state index contributed by atoms with van der Waals surface area (Å²) < 4.78 is 13.7. The lowest BCUT2D eigenvalue weighted by Crippen LogP contribution is -2.31. The fraction of sp³-hybridized carbons (Fsp3) is 0.357. The number of benzene rings is 1. The Kier molecular flexibility index (Phi) is 4.02. The second-order valence-electron chi connectivity index (χ2n) is 4.40. The number of rotatable bonds is 4. The largest absolute Gasteiger partial charge is 0.332 e. The van der Waals surface area contributed by atoms with Gasteiger partial charge in [0.1, 0.15) is 5.82 Å². The number of hydrogen-bond acceptors (Lipinski definition) is 1. The molecule has 1 saturated carbocycles. The van der Waals surface area contributed by atoms with Crippen LogP contribution in [-0.2, 0) is 11.3 Å². The zero-order chi connectivity index (χ0) is 13.1. The zero-order valence-electron chi connectivity index (χ0n) is 10.2. The summed E-state index contributed by atoms with van der Waals surface area (Å²) in [7, 11) is 0. The smallest absolute Gasteiger partial charge is 0.246 e. The Morgan fingerprint density at radius 3 is 2.83 bits per heavy atom. The van der Waals surface area contributed by atoms with Gasteiger partial charge in [0, 0.05) is 16.6 Å². The predicted octanol–water partition coefficient (Wildman–Crippen LogP) is 3.55. The van der Waals surface area contributed by atoms with Crippen molar-refractivity contribution in [3.05, 3.63) is 46.8 Å². The zero-order valence-corrected chi connectivity index (χ0v) is 11.0. The highest BCUT2D eigenvalue weighted by atomic mass is 35.5. The first kappa shape index (κ1) is 13.1. The highest BCUT2D eigenvalue weighted by Gasteiger charge is 2.32. The van der Waals surface area contributed by atoms with E-state index in [2.05, 4.69) is 0 Å². The molecule has 96 valence electrons. The van der Waals surface area contributed by atoms with Crippen molar-refractivity contribution in [2.24, 2.45) is 0 Å². The molecule has 0 bridgehead atoms. The topological polar surface area (TPSA) is 20.3 Å². The third-order valence-electron chi connectivity index (χ3n) is 2.97. The van der Waals surface area contributed by atoms with E-state index >= 15 is 0 Å². The van der Waals surface area contributed by atoms with E-state index in [0.29, 0.717) is 10.6 Å². The van der Waals surface area contributed by atoms with Crippen molar-refractivity contribution >= 4 is 17.5 Å². The lowest BCUT2D eigenvalue weighted by atomic mass is 10.2. The molecule has 0 radical (unpaired) electrons. The average molecular weight is 268 g/mol. The third-order valence-corrected chi connectivity index (χ3v) is 3.32. The van der Waals surface area contributed by atoms with Crippen LogP contribution < -0.4 is 0 Å². The van der Waals surface area contributed by atoms with E-state index in [1.165, 1.54) is 12.1 Å². The van der Waals surface area contributed by atoms with Crippen LogP contribution in [0.15, 0.2) is 30.4 Å². The van der Waals surface area contributed by atoms with Gasteiger partial charge >= 0.3 is 0 Å². The van der Waals surface area contributed by atoms with E-state index in [-0.39, 0.29) is 24.3 Å². The van der Waals surface area contributed by atoms with Crippen LogP contribution in [0.25, 0.3) is 0 Å². The standard InChI is InChI=1S/C14H15ClFNO/c1-2-4-14(18)17(10-7-8-10)9-11-12(15)5-3-6-13(11)16/h2-6,10H,7-9H2,1H3. The van der Waals surface area contributed by atoms with Crippen molar-refractivity contribution in [2.75, 3.05) is 0 Å². The predicted molar refractivity (Wildman–Crippen MR) is 69.8 cm³/mol. The van der Waals surface area contributed by atoms with Crippen LogP contribution in [0.3, 0.4) is 0 Å². The maximum atomic E-state index is 13.7. The summed E-state index contributed by atoms with van der Waals surface area (Å²) in [5, 5.41) is 0.369. The lowest BCUT2D eigenvalue weighted by Gasteiger charge is -2.21. The fourth-order valence-corrected chi connectivity index (χ4v) is 2.09. The van der Waals surface area contributed by atoms with Crippen LogP contribution in [0.4, 0.5) is 4.39 Å². The number of nitrogens with zero attached hydrogens (tertiary/aromatic N) is 1. The van der Waals surface area contributed by atoms with Gasteiger partial charge in [-0.3, -0.25) is 4.79 Å². The van der Waals surface area contributed by atoms with Crippen LogP contribution in [0.5, 0.6) is 0 Å². The second-order valence-corrected chi connectivity index (χ2v) is 4.80. The lowest BCUT2D eigenvalue weighted by molar-refractivity contribution is -0.127. The van der Waals surface area contributed by atoms with Crippen molar-refractivity contribution in [1.29, 1.82) is 0 Å². The quantitative estimate of drug-likeness (QED) is 0.764. The summed E-state index contributed by atoms with van der Waals surface area (Å²) in [4.78, 5) is 13.6. The summed E-state index contributed by atoms with van der Waals surface area (Å²) in [5.74, 6) is -0.444. The van der Waals surface area contributed by atoms with E-state index in [9.17, 15) is 9.18 Å². The Hall–Kier alpha value is -1.35. The van der Waals surface area contributed by atoms with Crippen molar-refractivity contribution in [3.8, 4) is 0 Å². The first-order valence-electron chi connectivity index (χ1n) is 5.99. The summed E-state index contributed by atoms with van der Waals surface area (Å²) in [6.45, 7) is 2.03. The van der Waals surface area contributed by atoms with Gasteiger partial charge in [-0.1, -0.05) is 23.7 Å². The normalized spacial score (nSPS) is 15.1. The molecule has 2 nitrogen and oxygen atoms in total. The molecule has 1 aromatic rings. The van der Waals surface area contributed by atoms with Gasteiger partial charge in [-0.25, -0.2) is 4.39 Å². The van der Waals surface area contributed by atoms with Gasteiger partial charge in [0.15, 0.2) is 0 Å². The van der Waals surface area contributed by atoms with E-state index in [0.717, 1.165) is 12.8 Å². The first-order chi connectivity index (χ1) is 8.63. The molecule has 1 fully saturated rings. The number of allylic oxidation sites excluding steroid dienone is 1. The number of amides is 1. The molecule has 0 spiro atoms. The minimum atomic E-state index is -0.360. The van der Waals surface area contributed by atoms with Crippen molar-refractivity contribution in [2.45, 2.75) is 32.4 Å². The molecule has 1 aliphatic rings. The van der Waals surface area contributed by atoms with Gasteiger partial charge in [-0.15, -0.1) is 0 Å². The maximum absolute atomic E-state index is 13.7. The molecule has 0 saturated heterocycles. The highest BCUT2D eigenvalue weighted by molar-refractivity contribution is 6.31. The number of carbonyl (C=O) groups excluding carboxylic acids is 1. The second kappa shape index (κ2) is 5.53. The van der Waals surface area contributed by atoms with E-state index < -0.39 is 0 Å². The number of halogens is 2. The molecule has 2 rings (SSSR count). The van der Waals surface area contributed by atoms with Crippen molar-refractivity contribution < 1.29 is 9.18 Å². The van der Waals surface area contributed by atoms with Gasteiger partial charge in [0.2, 0.25) is 5.91 Å². The van der Waals surface area contributed by atoms with Gasteiger partial charge in [-0.05, 0) is 38.0 Å². The molecule has 1 aliphatic carbocycles. The minimum Gasteiger partial charge on any atom is -0.332 e. The molecule has 0 atom stereocenters. The molecule has 0 N–H and O–H groups in total. The average Bonchev–Trinajstić information content (AvgIpc) is 3.13. The molecule has 0 aliphatic heterocycles. The highest BCUT2D eigenvalue weighted by Crippen LogP contribution is 2.30. The van der Waals surface area contributed by atoms with E-state index in [1.807, 2.05) is 0 Å². The van der Waals surface area contributed by atoms with Crippen molar-refractivity contribution in [1.82, 2.24) is 4.90 Å². The van der Waals surface area contributed by atoms with Gasteiger partial charge < -0.3 is 4.90 Å². The summed E-state index contributed by atoms with van der Waals surface area (Å²) in [6.07, 6.45) is 5.17. The van der Waals surface area contributed by atoms with Crippen LogP contribution in [0.1, 0.15) is 25.3 Å². The monoisotopic (exact) mass is 267 g/mol. The molecule has 0 heterocycles. The van der Waals surface area contributed by atoms with Gasteiger partial charge in [0.25, 0.3) is 0 Å². The Bertz CT molecular complexity index is 462. The fourth-order valence-electron chi connectivity index (χ4n) is 1.87. The molecule has 1 aromatic carbocycles. The first-order valence-corrected chi connectivity index (χ1v) is 6.37. The Labute approximate surface area is 111 Å². The minimum absolute atomic E-state index is 0.0840. The van der Waals surface area contributed by atoms with E-state index in [4.69, 9.17) is 11.6 Å². The van der Waals surface area contributed by atoms with Gasteiger partial charge in [-0.2, -0.15) is 0 Å². The SMILES string of the molecule is CC=CC(=O)N(Cc1c(F)cccc1Cl)C1CC1. The van der Waals surface area contributed by atoms with E-state index in [1.54, 1.807) is 30.0 Å². The Balaban J connectivity index is 2.21. The number of carbonyl (C=O) groups is 1. The van der Waals surface area contributed by atoms with Crippen LogP contribution in [-0.4, -0.2) is 16.8 Å². The molecular weight excluding hydrogens is 253 g/mol. The van der Waals surface area contributed by atoms with Gasteiger partial charge in [0.05, 0.1) is 6.54 Å². The molecule has 18 heavy (non-hydrogen) atoms. The van der Waals surface area contributed by atoms with Crippen LogP contribution in [0.2, 0.25) is 5.02 Å². The van der Waals surface area contributed by atoms with Crippen LogP contribution in [0, 0.1) is 5.82 Å². The molecule has 0 aromatic heterocycles. The number of hydrogen-bond donors (Lipinski definition) is 0. The summed E-state index contributed by atoms with van der Waals surface area (Å²) in [5.41, 5.74) is 0.393. The van der Waals surface area contributed by atoms with Crippen molar-refractivity contribution in [3.63, 3.8) is 0 Å². The summed E-state index contributed by atoms with van der Waals surface area (Å²) in [6, 6.07) is 4.80. The molecular formula is C14H15ClFNO. The maximum Gasteiger partial charge on any atom is 0.246 e. The summed E-state index contributed by atoms with van der Waals surface area (Å²) >= 11 is 5.98. The van der Waals surface area contributed by atoms with Crippen LogP contribution >= 0.6 is 11.6 Å². The molecule has 1 amide bonds. The molecule has 4 heteroatoms. The Morgan fingerprint density at radius 2 is 2.28 bits per heavy atom. The third kappa shape index (κ3) is 2.91.